The summed E-state index contributed by atoms with van der Waals surface area (Å²) in [4.78, 5) is 0. The average Bonchev–Trinajstić information content (AvgIpc) is 3.85. The van der Waals surface area contributed by atoms with E-state index >= 15 is 0 Å². The van der Waals surface area contributed by atoms with Crippen molar-refractivity contribution in [1.82, 2.24) is 9.13 Å². The first kappa shape index (κ1) is 30.0. The third-order valence-electron chi connectivity index (χ3n) is 10.4. The van der Waals surface area contributed by atoms with Gasteiger partial charge in [-0.25, -0.2) is 0 Å². The van der Waals surface area contributed by atoms with E-state index in [1.54, 1.807) is 0 Å². The number of allylic oxidation sites excluding steroid dienone is 1. The van der Waals surface area contributed by atoms with Crippen LogP contribution in [0.25, 0.3) is 100 Å². The van der Waals surface area contributed by atoms with Crippen LogP contribution < -0.4 is 0 Å². The van der Waals surface area contributed by atoms with Gasteiger partial charge in [-0.2, -0.15) is 0 Å². The van der Waals surface area contributed by atoms with Crippen LogP contribution in [0.2, 0.25) is 0 Å². The second-order valence-corrected chi connectivity index (χ2v) is 13.3. The van der Waals surface area contributed by atoms with Gasteiger partial charge < -0.3 is 13.6 Å². The zero-order valence-corrected chi connectivity index (χ0v) is 28.8. The van der Waals surface area contributed by atoms with E-state index in [2.05, 4.69) is 180 Å². The lowest BCUT2D eigenvalue weighted by atomic mass is 9.99. The molecule has 0 unspecified atom stereocenters. The minimum Gasteiger partial charge on any atom is -0.456 e. The first-order valence-corrected chi connectivity index (χ1v) is 17.8. The summed E-state index contributed by atoms with van der Waals surface area (Å²) in [6.07, 6.45) is 6.31. The van der Waals surface area contributed by atoms with Crippen LogP contribution in [0.1, 0.15) is 18.2 Å². The van der Waals surface area contributed by atoms with Gasteiger partial charge in [-0.3, -0.25) is 0 Å². The first-order valence-electron chi connectivity index (χ1n) is 17.8. The number of rotatable bonds is 6. The molecule has 0 fully saturated rings. The standard InChI is InChI=1S/C49H34N2O/c1-3-13-42-38(4-2)48-44(51(42)37-26-27-40-39-18-9-11-21-46(39)52-47(40)31-37)28-29-45-49(48)41-19-8-10-20-43(41)50(45)36-24-22-33(23-25-36)35-17-12-16-34(30-35)32-14-6-5-7-15-32/h3-31H,2H2,1H3/b13-3-. The molecule has 10 aromatic rings. The van der Waals surface area contributed by atoms with E-state index in [1.165, 1.54) is 43.9 Å². The van der Waals surface area contributed by atoms with Gasteiger partial charge in [0, 0.05) is 49.9 Å². The van der Waals surface area contributed by atoms with Crippen molar-refractivity contribution in [3.8, 4) is 33.6 Å². The molecule has 0 radical (unpaired) electrons. The molecule has 0 aliphatic carbocycles. The van der Waals surface area contributed by atoms with Gasteiger partial charge in [-0.1, -0.05) is 116 Å². The van der Waals surface area contributed by atoms with E-state index in [0.717, 1.165) is 55.6 Å². The van der Waals surface area contributed by atoms with Crippen molar-refractivity contribution in [2.45, 2.75) is 6.92 Å². The first-order chi connectivity index (χ1) is 25.7. The van der Waals surface area contributed by atoms with Crippen molar-refractivity contribution in [1.29, 1.82) is 0 Å². The van der Waals surface area contributed by atoms with E-state index in [9.17, 15) is 0 Å². The maximum Gasteiger partial charge on any atom is 0.137 e. The number of aromatic nitrogens is 2. The molecule has 7 aromatic carbocycles. The van der Waals surface area contributed by atoms with Crippen molar-refractivity contribution in [2.75, 3.05) is 0 Å². The average molecular weight is 667 g/mol. The second-order valence-electron chi connectivity index (χ2n) is 13.3. The summed E-state index contributed by atoms with van der Waals surface area (Å²) in [5.74, 6) is 0. The predicted molar refractivity (Wildman–Crippen MR) is 221 cm³/mol. The third-order valence-corrected chi connectivity index (χ3v) is 10.4. The zero-order valence-electron chi connectivity index (χ0n) is 28.8. The molecule has 3 heterocycles. The van der Waals surface area contributed by atoms with Crippen molar-refractivity contribution in [3.63, 3.8) is 0 Å². The van der Waals surface area contributed by atoms with Crippen LogP contribution in [-0.4, -0.2) is 9.13 Å². The maximum absolute atomic E-state index is 6.35. The molecule has 10 rings (SSSR count). The number of hydrogen-bond acceptors (Lipinski definition) is 1. The Morgan fingerprint density at radius 2 is 1.12 bits per heavy atom. The Hall–Kier alpha value is -6.84. The van der Waals surface area contributed by atoms with E-state index in [0.29, 0.717) is 0 Å². The molecule has 3 nitrogen and oxygen atoms in total. The number of para-hydroxylation sites is 2. The van der Waals surface area contributed by atoms with Gasteiger partial charge >= 0.3 is 0 Å². The third kappa shape index (κ3) is 4.53. The molecular weight excluding hydrogens is 633 g/mol. The summed E-state index contributed by atoms with van der Waals surface area (Å²) in [5.41, 5.74) is 14.4. The van der Waals surface area contributed by atoms with E-state index in [4.69, 9.17) is 4.42 Å². The van der Waals surface area contributed by atoms with E-state index < -0.39 is 0 Å². The van der Waals surface area contributed by atoms with Crippen molar-refractivity contribution in [2.24, 2.45) is 0 Å². The van der Waals surface area contributed by atoms with E-state index in [1.807, 2.05) is 18.2 Å². The molecule has 246 valence electrons. The van der Waals surface area contributed by atoms with Gasteiger partial charge in [0.05, 0.1) is 22.2 Å². The summed E-state index contributed by atoms with van der Waals surface area (Å²) in [6, 6.07) is 56.4. The molecule has 0 saturated heterocycles. The van der Waals surface area contributed by atoms with Gasteiger partial charge in [-0.15, -0.1) is 0 Å². The fourth-order valence-electron chi connectivity index (χ4n) is 8.14. The normalized spacial score (nSPS) is 11.9. The highest BCUT2D eigenvalue weighted by atomic mass is 16.3. The predicted octanol–water partition coefficient (Wildman–Crippen LogP) is 13.6. The Balaban J connectivity index is 1.17. The molecule has 0 amide bonds. The Bertz CT molecular complexity index is 3020. The largest absolute Gasteiger partial charge is 0.456 e. The molecule has 0 N–H and O–H groups in total. The summed E-state index contributed by atoms with van der Waals surface area (Å²) >= 11 is 0. The monoisotopic (exact) mass is 666 g/mol. The van der Waals surface area contributed by atoms with Gasteiger partial charge in [-0.05, 0) is 89.9 Å². The Morgan fingerprint density at radius 3 is 1.88 bits per heavy atom. The van der Waals surface area contributed by atoms with Crippen LogP contribution >= 0.6 is 0 Å². The second kappa shape index (κ2) is 11.9. The molecule has 52 heavy (non-hydrogen) atoms. The topological polar surface area (TPSA) is 23.0 Å². The smallest absolute Gasteiger partial charge is 0.137 e. The summed E-state index contributed by atoms with van der Waals surface area (Å²) in [5, 5.41) is 5.87. The summed E-state index contributed by atoms with van der Waals surface area (Å²) in [6.45, 7) is 6.42. The Labute approximate surface area is 301 Å². The molecular formula is C49H34N2O. The number of benzene rings is 7. The summed E-state index contributed by atoms with van der Waals surface area (Å²) in [7, 11) is 0. The van der Waals surface area contributed by atoms with Crippen molar-refractivity contribution < 1.29 is 4.42 Å². The number of furan rings is 1. The van der Waals surface area contributed by atoms with Crippen molar-refractivity contribution in [3.05, 3.63) is 182 Å². The minimum atomic E-state index is 0.875. The van der Waals surface area contributed by atoms with Crippen LogP contribution in [0.15, 0.2) is 175 Å². The molecule has 0 aliphatic heterocycles. The van der Waals surface area contributed by atoms with Gasteiger partial charge in [0.1, 0.15) is 11.2 Å². The molecule has 3 aromatic heterocycles. The highest BCUT2D eigenvalue weighted by Crippen LogP contribution is 2.43. The van der Waals surface area contributed by atoms with Gasteiger partial charge in [0.25, 0.3) is 0 Å². The zero-order chi connectivity index (χ0) is 34.8. The SMILES string of the molecule is C=Cc1c(/C=C\C)n(-c2ccc3c(c2)oc2ccccc23)c2ccc3c(c4ccccc4n3-c3ccc(-c4cccc(-c5ccccc5)c4)cc3)c12. The lowest BCUT2D eigenvalue weighted by Gasteiger charge is -2.11. The van der Waals surface area contributed by atoms with Crippen LogP contribution in [0.3, 0.4) is 0 Å². The minimum absolute atomic E-state index is 0.875. The highest BCUT2D eigenvalue weighted by molar-refractivity contribution is 6.24. The molecule has 0 bridgehead atoms. The number of nitrogens with zero attached hydrogens (tertiary/aromatic N) is 2. The molecule has 0 saturated carbocycles. The van der Waals surface area contributed by atoms with Crippen LogP contribution in [0, 0.1) is 0 Å². The van der Waals surface area contributed by atoms with Crippen LogP contribution in [-0.2, 0) is 0 Å². The Morgan fingerprint density at radius 1 is 0.481 bits per heavy atom. The van der Waals surface area contributed by atoms with Gasteiger partial charge in [0.2, 0.25) is 0 Å². The number of hydrogen-bond donors (Lipinski definition) is 0. The quantitative estimate of drug-likeness (QED) is 0.173. The maximum atomic E-state index is 6.35. The molecule has 0 spiro atoms. The summed E-state index contributed by atoms with van der Waals surface area (Å²) < 4.78 is 11.1. The lowest BCUT2D eigenvalue weighted by molar-refractivity contribution is 0.668. The molecule has 0 atom stereocenters. The highest BCUT2D eigenvalue weighted by Gasteiger charge is 2.22. The number of fused-ring (bicyclic) bond motifs is 8. The molecule has 3 heteroatoms. The molecule has 0 aliphatic rings. The Kier molecular flexibility index (Phi) is 6.87. The van der Waals surface area contributed by atoms with Crippen LogP contribution in [0.5, 0.6) is 0 Å². The lowest BCUT2D eigenvalue weighted by Crippen LogP contribution is -1.97. The van der Waals surface area contributed by atoms with E-state index in [-0.39, 0.29) is 0 Å². The van der Waals surface area contributed by atoms with Crippen molar-refractivity contribution >= 4 is 66.8 Å². The van der Waals surface area contributed by atoms with Gasteiger partial charge in [0.15, 0.2) is 0 Å². The fraction of sp³-hybridized carbons (Fsp3) is 0.0204. The fourth-order valence-corrected chi connectivity index (χ4v) is 8.14. The van der Waals surface area contributed by atoms with Crippen LogP contribution in [0.4, 0.5) is 0 Å².